The van der Waals surface area contributed by atoms with Gasteiger partial charge in [0.2, 0.25) is 0 Å². The van der Waals surface area contributed by atoms with Crippen LogP contribution in [0.3, 0.4) is 0 Å². The SMILES string of the molecule is CCC(C)(C)C1CCC(NCC2(O)CCC(C)CC2)CC1. The zero-order valence-electron chi connectivity index (χ0n) is 14.8. The van der Waals surface area contributed by atoms with E-state index in [1.165, 1.54) is 44.9 Å². The second-order valence-electron chi connectivity index (χ2n) is 8.68. The maximum absolute atomic E-state index is 10.7. The normalized spacial score (nSPS) is 38.4. The molecule has 0 spiro atoms. The van der Waals surface area contributed by atoms with E-state index >= 15 is 0 Å². The van der Waals surface area contributed by atoms with Crippen LogP contribution in [0, 0.1) is 17.3 Å². The minimum absolute atomic E-state index is 0.425. The van der Waals surface area contributed by atoms with Crippen molar-refractivity contribution in [2.75, 3.05) is 6.54 Å². The topological polar surface area (TPSA) is 32.3 Å². The lowest BCUT2D eigenvalue weighted by molar-refractivity contribution is -0.0101. The molecule has 0 unspecified atom stereocenters. The molecule has 0 bridgehead atoms. The van der Waals surface area contributed by atoms with Crippen LogP contribution in [-0.2, 0) is 0 Å². The summed E-state index contributed by atoms with van der Waals surface area (Å²) in [5.74, 6) is 1.69. The minimum atomic E-state index is -0.425. The molecular formula is C19H37NO. The van der Waals surface area contributed by atoms with Gasteiger partial charge in [-0.2, -0.15) is 0 Å². The maximum Gasteiger partial charge on any atom is 0.0771 e. The van der Waals surface area contributed by atoms with Gasteiger partial charge >= 0.3 is 0 Å². The molecule has 2 rings (SSSR count). The van der Waals surface area contributed by atoms with E-state index in [2.05, 4.69) is 33.0 Å². The number of hydrogen-bond acceptors (Lipinski definition) is 2. The lowest BCUT2D eigenvalue weighted by Crippen LogP contribution is -2.47. The summed E-state index contributed by atoms with van der Waals surface area (Å²) in [7, 11) is 0. The second kappa shape index (κ2) is 7.00. The van der Waals surface area contributed by atoms with Gasteiger partial charge in [-0.25, -0.2) is 0 Å². The van der Waals surface area contributed by atoms with E-state index < -0.39 is 5.60 Å². The van der Waals surface area contributed by atoms with Crippen LogP contribution in [0.25, 0.3) is 0 Å². The quantitative estimate of drug-likeness (QED) is 0.782. The molecule has 0 aromatic carbocycles. The molecule has 2 nitrogen and oxygen atoms in total. The Morgan fingerprint density at radius 3 is 2.14 bits per heavy atom. The van der Waals surface area contributed by atoms with Gasteiger partial charge in [0, 0.05) is 12.6 Å². The molecule has 2 fully saturated rings. The third-order valence-electron chi connectivity index (χ3n) is 6.67. The number of hydrogen-bond donors (Lipinski definition) is 2. The van der Waals surface area contributed by atoms with Crippen molar-refractivity contribution in [2.24, 2.45) is 17.3 Å². The molecule has 0 aromatic rings. The van der Waals surface area contributed by atoms with Gasteiger partial charge in [-0.05, 0) is 68.6 Å². The summed E-state index contributed by atoms with van der Waals surface area (Å²) >= 11 is 0. The van der Waals surface area contributed by atoms with Crippen molar-refractivity contribution in [3.8, 4) is 0 Å². The summed E-state index contributed by atoms with van der Waals surface area (Å²) in [5.41, 5.74) is 0.0781. The summed E-state index contributed by atoms with van der Waals surface area (Å²) in [5, 5.41) is 14.4. The highest BCUT2D eigenvalue weighted by Crippen LogP contribution is 2.40. The van der Waals surface area contributed by atoms with E-state index in [0.717, 1.165) is 31.2 Å². The van der Waals surface area contributed by atoms with E-state index in [1.54, 1.807) is 0 Å². The molecule has 0 aliphatic heterocycles. The number of nitrogens with one attached hydrogen (secondary N) is 1. The summed E-state index contributed by atoms with van der Waals surface area (Å²) < 4.78 is 0. The van der Waals surface area contributed by atoms with E-state index in [1.807, 2.05) is 0 Å². The lowest BCUT2D eigenvalue weighted by atomic mass is 9.69. The van der Waals surface area contributed by atoms with Gasteiger partial charge < -0.3 is 10.4 Å². The summed E-state index contributed by atoms with van der Waals surface area (Å²) in [6.07, 6.45) is 10.9. The van der Waals surface area contributed by atoms with Gasteiger partial charge in [0.25, 0.3) is 0 Å². The van der Waals surface area contributed by atoms with Crippen LogP contribution in [0.5, 0.6) is 0 Å². The van der Waals surface area contributed by atoms with E-state index in [-0.39, 0.29) is 0 Å². The Balaban J connectivity index is 1.72. The monoisotopic (exact) mass is 295 g/mol. The van der Waals surface area contributed by atoms with Crippen LogP contribution in [0.4, 0.5) is 0 Å². The van der Waals surface area contributed by atoms with Gasteiger partial charge in [0.05, 0.1) is 5.60 Å². The third-order valence-corrected chi connectivity index (χ3v) is 6.67. The Bertz CT molecular complexity index is 310. The molecule has 2 aliphatic carbocycles. The molecule has 0 heterocycles. The van der Waals surface area contributed by atoms with Crippen LogP contribution in [-0.4, -0.2) is 23.3 Å². The molecule has 21 heavy (non-hydrogen) atoms. The molecule has 0 saturated heterocycles. The van der Waals surface area contributed by atoms with Crippen LogP contribution in [0.2, 0.25) is 0 Å². The van der Waals surface area contributed by atoms with Crippen LogP contribution >= 0.6 is 0 Å². The van der Waals surface area contributed by atoms with Crippen LogP contribution in [0.15, 0.2) is 0 Å². The largest absolute Gasteiger partial charge is 0.389 e. The highest BCUT2D eigenvalue weighted by molar-refractivity contribution is 4.90. The van der Waals surface area contributed by atoms with E-state index in [0.29, 0.717) is 11.5 Å². The first-order valence-corrected chi connectivity index (χ1v) is 9.30. The summed E-state index contributed by atoms with van der Waals surface area (Å²) in [6.45, 7) is 10.3. The summed E-state index contributed by atoms with van der Waals surface area (Å²) in [6, 6.07) is 0.636. The molecule has 2 N–H and O–H groups in total. The molecule has 0 radical (unpaired) electrons. The summed E-state index contributed by atoms with van der Waals surface area (Å²) in [4.78, 5) is 0. The van der Waals surface area contributed by atoms with Crippen molar-refractivity contribution in [1.29, 1.82) is 0 Å². The molecule has 124 valence electrons. The van der Waals surface area contributed by atoms with Crippen molar-refractivity contribution in [3.63, 3.8) is 0 Å². The van der Waals surface area contributed by atoms with Crippen LogP contribution < -0.4 is 5.32 Å². The first-order valence-electron chi connectivity index (χ1n) is 9.30. The van der Waals surface area contributed by atoms with Crippen molar-refractivity contribution in [3.05, 3.63) is 0 Å². The third kappa shape index (κ3) is 4.69. The molecule has 2 saturated carbocycles. The standard InChI is InChI=1S/C19H37NO/c1-5-18(3,4)16-6-8-17(9-7-16)20-14-19(21)12-10-15(2)11-13-19/h15-17,20-21H,5-14H2,1-4H3. The van der Waals surface area contributed by atoms with E-state index in [4.69, 9.17) is 0 Å². The van der Waals surface area contributed by atoms with Gasteiger partial charge in [-0.1, -0.05) is 34.1 Å². The number of aliphatic hydroxyl groups is 1. The Hall–Kier alpha value is -0.0800. The highest BCUT2D eigenvalue weighted by Gasteiger charge is 2.34. The zero-order valence-corrected chi connectivity index (χ0v) is 14.8. The average Bonchev–Trinajstić information content (AvgIpc) is 2.49. The first-order chi connectivity index (χ1) is 9.85. The zero-order chi connectivity index (χ0) is 15.5. The lowest BCUT2D eigenvalue weighted by Gasteiger charge is -2.41. The van der Waals surface area contributed by atoms with Gasteiger partial charge in [-0.15, -0.1) is 0 Å². The minimum Gasteiger partial charge on any atom is -0.389 e. The molecule has 2 aliphatic rings. The Kier molecular flexibility index (Phi) is 5.76. The molecule has 0 amide bonds. The van der Waals surface area contributed by atoms with Gasteiger partial charge in [0.15, 0.2) is 0 Å². The first kappa shape index (κ1) is 17.3. The van der Waals surface area contributed by atoms with Crippen LogP contribution in [0.1, 0.15) is 85.5 Å². The fourth-order valence-electron chi connectivity index (χ4n) is 4.18. The van der Waals surface area contributed by atoms with Crippen molar-refractivity contribution >= 4 is 0 Å². The Morgan fingerprint density at radius 2 is 1.62 bits per heavy atom. The Morgan fingerprint density at radius 1 is 1.05 bits per heavy atom. The molecular weight excluding hydrogens is 258 g/mol. The maximum atomic E-state index is 10.7. The molecule has 0 atom stereocenters. The average molecular weight is 296 g/mol. The van der Waals surface area contributed by atoms with Crippen molar-refractivity contribution < 1.29 is 5.11 Å². The smallest absolute Gasteiger partial charge is 0.0771 e. The predicted molar refractivity (Wildman–Crippen MR) is 90.4 cm³/mol. The van der Waals surface area contributed by atoms with Gasteiger partial charge in [-0.3, -0.25) is 0 Å². The predicted octanol–water partition coefficient (Wildman–Crippen LogP) is 4.51. The van der Waals surface area contributed by atoms with Gasteiger partial charge in [0.1, 0.15) is 0 Å². The highest BCUT2D eigenvalue weighted by atomic mass is 16.3. The molecule has 2 heteroatoms. The molecule has 0 aromatic heterocycles. The fraction of sp³-hybridized carbons (Fsp3) is 1.00. The fourth-order valence-corrected chi connectivity index (χ4v) is 4.18. The van der Waals surface area contributed by atoms with E-state index in [9.17, 15) is 5.11 Å². The van der Waals surface area contributed by atoms with Crippen molar-refractivity contribution in [2.45, 2.75) is 97.1 Å². The number of rotatable bonds is 5. The van der Waals surface area contributed by atoms with Crippen molar-refractivity contribution in [1.82, 2.24) is 5.32 Å². The second-order valence-corrected chi connectivity index (χ2v) is 8.68. The Labute approximate surface area is 132 Å².